The Morgan fingerprint density at radius 1 is 1.00 bits per heavy atom. The quantitative estimate of drug-likeness (QED) is 0.210. The third-order valence-corrected chi connectivity index (χ3v) is 7.89. The number of likely N-dealkylation sites (tertiary alicyclic amines) is 1. The van der Waals surface area contributed by atoms with Crippen molar-refractivity contribution in [1.29, 1.82) is 0 Å². The normalized spacial score (nSPS) is 16.4. The zero-order chi connectivity index (χ0) is 26.6. The molecule has 198 valence electrons. The lowest BCUT2D eigenvalue weighted by Gasteiger charge is -2.27. The number of aromatic nitrogens is 3. The second kappa shape index (κ2) is 11.5. The topological polar surface area (TPSA) is 83.0 Å². The van der Waals surface area contributed by atoms with Crippen LogP contribution < -0.4 is 10.6 Å². The molecule has 1 saturated heterocycles. The molecule has 0 saturated carbocycles. The van der Waals surface area contributed by atoms with E-state index in [9.17, 15) is 4.79 Å². The number of nitrogens with zero attached hydrogens (tertiary/aromatic N) is 4. The fourth-order valence-corrected chi connectivity index (χ4v) is 5.79. The van der Waals surface area contributed by atoms with Crippen molar-refractivity contribution in [3.05, 3.63) is 100 Å². The molecule has 4 aromatic rings. The Labute approximate surface area is 233 Å². The fraction of sp³-hybridized carbons (Fsp3) is 0.290. The number of anilines is 2. The Hall–Kier alpha value is -3.81. The van der Waals surface area contributed by atoms with E-state index < -0.39 is 0 Å². The van der Waals surface area contributed by atoms with Crippen LogP contribution in [-0.4, -0.2) is 51.9 Å². The fourth-order valence-electron chi connectivity index (χ4n) is 5.58. The van der Waals surface area contributed by atoms with Crippen LogP contribution in [0.3, 0.4) is 0 Å². The van der Waals surface area contributed by atoms with Gasteiger partial charge in [0.2, 0.25) is 5.95 Å². The monoisotopic (exact) mass is 538 g/mol. The summed E-state index contributed by atoms with van der Waals surface area (Å²) >= 11 is 6.08. The van der Waals surface area contributed by atoms with Gasteiger partial charge in [0.05, 0.1) is 11.3 Å². The molecule has 8 heteroatoms. The third-order valence-electron chi connectivity index (χ3n) is 7.59. The van der Waals surface area contributed by atoms with Crippen molar-refractivity contribution in [2.24, 2.45) is 0 Å². The van der Waals surface area contributed by atoms with E-state index in [0.717, 1.165) is 42.8 Å². The number of fused-ring (bicyclic) bond motifs is 3. The van der Waals surface area contributed by atoms with Gasteiger partial charge in [-0.05, 0) is 86.3 Å². The lowest BCUT2D eigenvalue weighted by atomic mass is 9.78. The van der Waals surface area contributed by atoms with Crippen LogP contribution in [-0.2, 0) is 6.42 Å². The van der Waals surface area contributed by atoms with E-state index in [1.54, 1.807) is 18.3 Å². The molecule has 1 unspecified atom stereocenters. The van der Waals surface area contributed by atoms with E-state index in [2.05, 4.69) is 61.9 Å². The average molecular weight is 539 g/mol. The molecule has 39 heavy (non-hydrogen) atoms. The van der Waals surface area contributed by atoms with E-state index >= 15 is 0 Å². The van der Waals surface area contributed by atoms with Crippen LogP contribution in [0.2, 0.25) is 5.15 Å². The third kappa shape index (κ3) is 5.65. The molecular formula is C31H31ClN6O. The number of hydrogen-bond donors (Lipinski definition) is 2. The second-order valence-corrected chi connectivity index (χ2v) is 10.5. The highest BCUT2D eigenvalue weighted by molar-refractivity contribution is 6.33. The van der Waals surface area contributed by atoms with Crippen LogP contribution in [0.25, 0.3) is 11.3 Å². The smallest absolute Gasteiger partial charge is 0.258 e. The zero-order valence-electron chi connectivity index (χ0n) is 21.7. The number of halogens is 1. The molecule has 2 aromatic carbocycles. The maximum absolute atomic E-state index is 12.6. The zero-order valence-corrected chi connectivity index (χ0v) is 22.5. The maximum atomic E-state index is 12.6. The molecule has 2 aromatic heterocycles. The van der Waals surface area contributed by atoms with Crippen LogP contribution >= 0.6 is 11.6 Å². The van der Waals surface area contributed by atoms with E-state index in [1.165, 1.54) is 37.1 Å². The second-order valence-electron chi connectivity index (χ2n) is 10.2. The summed E-state index contributed by atoms with van der Waals surface area (Å²) in [5.74, 6) is 0.585. The largest absolute Gasteiger partial charge is 0.354 e. The molecule has 3 heterocycles. The van der Waals surface area contributed by atoms with Gasteiger partial charge in [-0.1, -0.05) is 48.0 Å². The summed E-state index contributed by atoms with van der Waals surface area (Å²) in [6.45, 7) is 4.45. The van der Waals surface area contributed by atoms with Crippen LogP contribution in [0.4, 0.5) is 11.6 Å². The lowest BCUT2D eigenvalue weighted by Crippen LogP contribution is -2.22. The molecule has 1 atom stereocenters. The molecule has 1 amide bonds. The minimum atomic E-state index is -0.282. The number of hydrogen-bond acceptors (Lipinski definition) is 6. The van der Waals surface area contributed by atoms with Gasteiger partial charge in [0.1, 0.15) is 5.15 Å². The minimum Gasteiger partial charge on any atom is -0.354 e. The van der Waals surface area contributed by atoms with Crippen molar-refractivity contribution in [3.8, 4) is 11.3 Å². The molecule has 7 nitrogen and oxygen atoms in total. The van der Waals surface area contributed by atoms with E-state index in [0.29, 0.717) is 17.2 Å². The number of rotatable bonds is 8. The Kier molecular flexibility index (Phi) is 7.52. The first-order valence-electron chi connectivity index (χ1n) is 13.6. The van der Waals surface area contributed by atoms with Gasteiger partial charge < -0.3 is 15.5 Å². The lowest BCUT2D eigenvalue weighted by molar-refractivity contribution is 0.102. The molecule has 1 fully saturated rings. The highest BCUT2D eigenvalue weighted by Gasteiger charge is 2.27. The Balaban J connectivity index is 1.16. The van der Waals surface area contributed by atoms with Crippen molar-refractivity contribution in [1.82, 2.24) is 19.9 Å². The number of carbonyl (C=O) groups is 1. The highest BCUT2D eigenvalue weighted by atomic mass is 35.5. The van der Waals surface area contributed by atoms with Gasteiger partial charge in [0.15, 0.2) is 0 Å². The molecule has 2 aliphatic rings. The predicted octanol–water partition coefficient (Wildman–Crippen LogP) is 6.03. The van der Waals surface area contributed by atoms with E-state index in [1.807, 2.05) is 18.3 Å². The van der Waals surface area contributed by atoms with E-state index in [-0.39, 0.29) is 17.0 Å². The average Bonchev–Trinajstić information content (AvgIpc) is 3.49. The van der Waals surface area contributed by atoms with Gasteiger partial charge in [-0.2, -0.15) is 0 Å². The van der Waals surface area contributed by atoms with Crippen molar-refractivity contribution < 1.29 is 4.79 Å². The number of carbonyl (C=O) groups excluding carboxylic acids is 1. The minimum absolute atomic E-state index is 0.175. The van der Waals surface area contributed by atoms with Gasteiger partial charge in [-0.15, -0.1) is 0 Å². The number of amides is 1. The highest BCUT2D eigenvalue weighted by Crippen LogP contribution is 2.42. The van der Waals surface area contributed by atoms with Crippen LogP contribution in [0.15, 0.2) is 73.1 Å². The number of pyridine rings is 1. The van der Waals surface area contributed by atoms with Crippen LogP contribution in [0.5, 0.6) is 0 Å². The summed E-state index contributed by atoms with van der Waals surface area (Å²) in [7, 11) is 0. The SMILES string of the molecule is O=C(Nc1ccc(C2Cc3cnc(NCCCN4CCCC4)nc3-c3ccccc32)cc1)c1cccnc1Cl. The van der Waals surface area contributed by atoms with E-state index in [4.69, 9.17) is 16.6 Å². The summed E-state index contributed by atoms with van der Waals surface area (Å²) in [5.41, 5.74) is 6.78. The first-order chi connectivity index (χ1) is 19.2. The van der Waals surface area contributed by atoms with Crippen LogP contribution in [0, 0.1) is 0 Å². The molecule has 0 bridgehead atoms. The van der Waals surface area contributed by atoms with Gasteiger partial charge in [0.25, 0.3) is 5.91 Å². The summed E-state index contributed by atoms with van der Waals surface area (Å²) in [5, 5.41) is 6.53. The van der Waals surface area contributed by atoms with Crippen molar-refractivity contribution in [2.45, 2.75) is 31.6 Å². The molecule has 6 rings (SSSR count). The van der Waals surface area contributed by atoms with Crippen molar-refractivity contribution in [3.63, 3.8) is 0 Å². The van der Waals surface area contributed by atoms with Crippen molar-refractivity contribution in [2.75, 3.05) is 36.8 Å². The Morgan fingerprint density at radius 3 is 2.64 bits per heavy atom. The van der Waals surface area contributed by atoms with Crippen molar-refractivity contribution >= 4 is 29.1 Å². The predicted molar refractivity (Wildman–Crippen MR) is 155 cm³/mol. The first kappa shape index (κ1) is 25.5. The molecule has 1 aliphatic carbocycles. The van der Waals surface area contributed by atoms with Gasteiger partial charge in [0, 0.05) is 36.1 Å². The summed E-state index contributed by atoms with van der Waals surface area (Å²) in [6.07, 6.45) is 8.09. The van der Waals surface area contributed by atoms with Crippen LogP contribution in [0.1, 0.15) is 52.2 Å². The summed E-state index contributed by atoms with van der Waals surface area (Å²) in [4.78, 5) is 28.7. The standard InChI is InChI=1S/C31H31ClN6O/c32-29-26(9-5-14-33-29)30(39)36-23-12-10-21(11-13-23)27-19-22-20-35-31(34-15-6-18-38-16-3-4-17-38)37-28(22)25-8-2-1-7-24(25)27/h1-2,5,7-14,20,27H,3-4,6,15-19H2,(H,36,39)(H,34,35,37). The summed E-state index contributed by atoms with van der Waals surface area (Å²) in [6, 6.07) is 19.9. The first-order valence-corrected chi connectivity index (χ1v) is 14.0. The summed E-state index contributed by atoms with van der Waals surface area (Å²) < 4.78 is 0. The van der Waals surface area contributed by atoms with Gasteiger partial charge in [-0.3, -0.25) is 4.79 Å². The molecular weight excluding hydrogens is 508 g/mol. The Morgan fingerprint density at radius 2 is 1.82 bits per heavy atom. The molecule has 1 aliphatic heterocycles. The Bertz CT molecular complexity index is 1470. The molecule has 2 N–H and O–H groups in total. The molecule has 0 radical (unpaired) electrons. The van der Waals surface area contributed by atoms with Gasteiger partial charge in [-0.25, -0.2) is 15.0 Å². The maximum Gasteiger partial charge on any atom is 0.258 e. The number of nitrogens with one attached hydrogen (secondary N) is 2. The number of benzene rings is 2. The molecule has 0 spiro atoms. The van der Waals surface area contributed by atoms with Gasteiger partial charge >= 0.3 is 0 Å².